The summed E-state index contributed by atoms with van der Waals surface area (Å²) in [6.45, 7) is 3.60. The zero-order chi connectivity index (χ0) is 24.5. The normalized spacial score (nSPS) is 12.5. The van der Waals surface area contributed by atoms with Gasteiger partial charge in [-0.25, -0.2) is 15.0 Å². The van der Waals surface area contributed by atoms with Crippen LogP contribution in [0.15, 0.2) is 61.1 Å². The molecular weight excluding hydrogens is 445 g/mol. The molecule has 0 saturated carbocycles. The SMILES string of the molecule is Cc1cc2cc(C(=O)N(Cc3ccc(C(F)(F)F)nc3)C(C)c3ncccn3)ccc2nc1N. The molecule has 0 radical (unpaired) electrons. The molecule has 7 nitrogen and oxygen atoms in total. The maximum Gasteiger partial charge on any atom is 0.433 e. The Kier molecular flexibility index (Phi) is 6.14. The maximum absolute atomic E-state index is 13.6. The third kappa shape index (κ3) is 4.80. The molecule has 0 fully saturated rings. The zero-order valence-corrected chi connectivity index (χ0v) is 18.4. The Bertz CT molecular complexity index is 1330. The number of aryl methyl sites for hydroxylation is 1. The maximum atomic E-state index is 13.6. The Morgan fingerprint density at radius 2 is 1.82 bits per heavy atom. The van der Waals surface area contributed by atoms with Gasteiger partial charge in [-0.3, -0.25) is 9.78 Å². The quantitative estimate of drug-likeness (QED) is 0.457. The van der Waals surface area contributed by atoms with Crippen molar-refractivity contribution in [2.75, 3.05) is 5.73 Å². The molecule has 0 saturated heterocycles. The fourth-order valence-electron chi connectivity index (χ4n) is 3.53. The van der Waals surface area contributed by atoms with Crippen LogP contribution in [0.5, 0.6) is 0 Å². The van der Waals surface area contributed by atoms with Gasteiger partial charge in [-0.1, -0.05) is 6.07 Å². The van der Waals surface area contributed by atoms with E-state index in [0.29, 0.717) is 28.3 Å². The van der Waals surface area contributed by atoms with Gasteiger partial charge in [-0.15, -0.1) is 0 Å². The molecule has 3 heterocycles. The summed E-state index contributed by atoms with van der Waals surface area (Å²) in [7, 11) is 0. The van der Waals surface area contributed by atoms with Crippen molar-refractivity contribution in [2.24, 2.45) is 0 Å². The lowest BCUT2D eigenvalue weighted by Crippen LogP contribution is -2.34. The van der Waals surface area contributed by atoms with E-state index in [0.717, 1.165) is 23.2 Å². The minimum absolute atomic E-state index is 0.0143. The van der Waals surface area contributed by atoms with Crippen LogP contribution in [-0.4, -0.2) is 30.7 Å². The Morgan fingerprint density at radius 3 is 2.47 bits per heavy atom. The number of nitrogens with zero attached hydrogens (tertiary/aromatic N) is 5. The summed E-state index contributed by atoms with van der Waals surface area (Å²) in [5, 5.41) is 0.748. The number of rotatable bonds is 5. The second kappa shape index (κ2) is 9.05. The summed E-state index contributed by atoms with van der Waals surface area (Å²) < 4.78 is 38.7. The molecule has 2 N–H and O–H groups in total. The predicted octanol–water partition coefficient (Wildman–Crippen LogP) is 4.73. The van der Waals surface area contributed by atoms with Gasteiger partial charge in [0.25, 0.3) is 5.91 Å². The number of fused-ring (bicyclic) bond motifs is 1. The van der Waals surface area contributed by atoms with Crippen molar-refractivity contribution in [1.29, 1.82) is 0 Å². The van der Waals surface area contributed by atoms with Crippen molar-refractivity contribution < 1.29 is 18.0 Å². The Balaban J connectivity index is 1.70. The van der Waals surface area contributed by atoms with E-state index < -0.39 is 17.9 Å². The number of nitrogen functional groups attached to an aromatic ring is 1. The molecule has 174 valence electrons. The van der Waals surface area contributed by atoms with Gasteiger partial charge in [0.15, 0.2) is 0 Å². The number of hydrogen-bond donors (Lipinski definition) is 1. The number of aromatic nitrogens is 4. The first-order valence-electron chi connectivity index (χ1n) is 10.4. The van der Waals surface area contributed by atoms with E-state index in [9.17, 15) is 18.0 Å². The number of carbonyl (C=O) groups is 1. The monoisotopic (exact) mass is 466 g/mol. The molecule has 1 aromatic carbocycles. The van der Waals surface area contributed by atoms with Crippen LogP contribution in [0.25, 0.3) is 10.9 Å². The summed E-state index contributed by atoms with van der Waals surface area (Å²) in [6.07, 6.45) is -0.288. The van der Waals surface area contributed by atoms with Gasteiger partial charge in [0, 0.05) is 36.1 Å². The summed E-state index contributed by atoms with van der Waals surface area (Å²) in [4.78, 5) is 31.4. The molecule has 4 aromatic rings. The Hall–Kier alpha value is -4.08. The van der Waals surface area contributed by atoms with Crippen LogP contribution in [0.2, 0.25) is 0 Å². The molecule has 0 spiro atoms. The van der Waals surface area contributed by atoms with Gasteiger partial charge >= 0.3 is 6.18 Å². The number of hydrogen-bond acceptors (Lipinski definition) is 6. The molecule has 34 heavy (non-hydrogen) atoms. The lowest BCUT2D eigenvalue weighted by molar-refractivity contribution is -0.141. The van der Waals surface area contributed by atoms with Crippen molar-refractivity contribution in [3.63, 3.8) is 0 Å². The van der Waals surface area contributed by atoms with Crippen LogP contribution in [0, 0.1) is 6.92 Å². The van der Waals surface area contributed by atoms with Gasteiger partial charge in [-0.2, -0.15) is 13.2 Å². The summed E-state index contributed by atoms with van der Waals surface area (Å²) in [5.41, 5.74) is 7.16. The molecule has 0 aliphatic carbocycles. The molecule has 4 rings (SSSR count). The van der Waals surface area contributed by atoms with E-state index in [-0.39, 0.29) is 12.5 Å². The number of alkyl halides is 3. The number of benzene rings is 1. The fraction of sp³-hybridized carbons (Fsp3) is 0.208. The topological polar surface area (TPSA) is 97.9 Å². The highest BCUT2D eigenvalue weighted by atomic mass is 19.4. The first kappa shape index (κ1) is 23.1. The standard InChI is InChI=1S/C24H21F3N6O/c1-14-10-18-11-17(5-6-19(18)32-21(14)28)23(34)33(15(2)22-29-8-3-9-30-22)13-16-4-7-20(31-12-16)24(25,26)27/h3-12,15H,13H2,1-2H3,(H2,28,32). The minimum atomic E-state index is -4.54. The summed E-state index contributed by atoms with van der Waals surface area (Å²) in [5.74, 6) is 0.482. The van der Waals surface area contributed by atoms with E-state index in [2.05, 4.69) is 19.9 Å². The van der Waals surface area contributed by atoms with Gasteiger partial charge in [0.1, 0.15) is 17.3 Å². The van der Waals surface area contributed by atoms with Crippen LogP contribution >= 0.6 is 0 Å². The smallest absolute Gasteiger partial charge is 0.383 e. The van der Waals surface area contributed by atoms with Crippen LogP contribution in [0.1, 0.15) is 46.0 Å². The number of nitrogens with two attached hydrogens (primary N) is 1. The van der Waals surface area contributed by atoms with Gasteiger partial charge < -0.3 is 10.6 Å². The van der Waals surface area contributed by atoms with E-state index in [1.54, 1.807) is 43.6 Å². The van der Waals surface area contributed by atoms with Crippen molar-refractivity contribution >= 4 is 22.6 Å². The first-order chi connectivity index (χ1) is 16.1. The van der Waals surface area contributed by atoms with Gasteiger partial charge in [0.2, 0.25) is 0 Å². The largest absolute Gasteiger partial charge is 0.433 e. The third-order valence-electron chi connectivity index (χ3n) is 5.45. The molecule has 0 aliphatic rings. The number of halogens is 3. The second-order valence-corrected chi connectivity index (χ2v) is 7.86. The predicted molar refractivity (Wildman–Crippen MR) is 120 cm³/mol. The van der Waals surface area contributed by atoms with Gasteiger partial charge in [0.05, 0.1) is 11.6 Å². The van der Waals surface area contributed by atoms with Crippen LogP contribution in [-0.2, 0) is 12.7 Å². The van der Waals surface area contributed by atoms with Crippen LogP contribution in [0.3, 0.4) is 0 Å². The van der Waals surface area contributed by atoms with Crippen LogP contribution < -0.4 is 5.73 Å². The molecule has 1 atom stereocenters. The van der Waals surface area contributed by atoms with Crippen molar-refractivity contribution in [2.45, 2.75) is 32.6 Å². The molecule has 10 heteroatoms. The lowest BCUT2D eigenvalue weighted by atomic mass is 10.1. The molecular formula is C24H21F3N6O. The van der Waals surface area contributed by atoms with E-state index >= 15 is 0 Å². The zero-order valence-electron chi connectivity index (χ0n) is 18.4. The third-order valence-corrected chi connectivity index (χ3v) is 5.45. The average molecular weight is 466 g/mol. The highest BCUT2D eigenvalue weighted by molar-refractivity contribution is 5.98. The van der Waals surface area contributed by atoms with Crippen molar-refractivity contribution in [1.82, 2.24) is 24.8 Å². The fourth-order valence-corrected chi connectivity index (χ4v) is 3.53. The van der Waals surface area contributed by atoms with E-state index in [1.807, 2.05) is 13.0 Å². The lowest BCUT2D eigenvalue weighted by Gasteiger charge is -2.28. The number of anilines is 1. The van der Waals surface area contributed by atoms with Gasteiger partial charge in [-0.05, 0) is 61.4 Å². The minimum Gasteiger partial charge on any atom is -0.383 e. The number of pyridine rings is 2. The summed E-state index contributed by atoms with van der Waals surface area (Å²) >= 11 is 0. The molecule has 0 aliphatic heterocycles. The van der Waals surface area contributed by atoms with Crippen LogP contribution in [0.4, 0.5) is 19.0 Å². The Morgan fingerprint density at radius 1 is 1.09 bits per heavy atom. The molecule has 1 amide bonds. The number of amides is 1. The van der Waals surface area contributed by atoms with E-state index in [4.69, 9.17) is 5.73 Å². The average Bonchev–Trinajstić information content (AvgIpc) is 2.82. The molecule has 1 unspecified atom stereocenters. The first-order valence-corrected chi connectivity index (χ1v) is 10.4. The molecule has 0 bridgehead atoms. The number of carbonyl (C=O) groups excluding carboxylic acids is 1. The second-order valence-electron chi connectivity index (χ2n) is 7.86. The Labute approximate surface area is 193 Å². The highest BCUT2D eigenvalue weighted by Gasteiger charge is 2.32. The van der Waals surface area contributed by atoms with Crippen molar-refractivity contribution in [3.05, 3.63) is 89.3 Å². The summed E-state index contributed by atoms with van der Waals surface area (Å²) in [6, 6.07) is 10.2. The molecule has 3 aromatic heterocycles. The van der Waals surface area contributed by atoms with Crippen molar-refractivity contribution in [3.8, 4) is 0 Å². The van der Waals surface area contributed by atoms with E-state index in [1.165, 1.54) is 11.0 Å². The highest BCUT2D eigenvalue weighted by Crippen LogP contribution is 2.28.